The van der Waals surface area contributed by atoms with E-state index in [2.05, 4.69) is 9.97 Å². The summed E-state index contributed by atoms with van der Waals surface area (Å²) in [7, 11) is 0. The summed E-state index contributed by atoms with van der Waals surface area (Å²) < 4.78 is 0. The molecule has 1 aromatic carbocycles. The second-order valence-electron chi connectivity index (χ2n) is 3.87. The molecule has 0 radical (unpaired) electrons. The van der Waals surface area contributed by atoms with Crippen molar-refractivity contribution in [2.75, 3.05) is 0 Å². The van der Waals surface area contributed by atoms with Gasteiger partial charge in [0.25, 0.3) is 0 Å². The number of H-pyrrole nitrogens is 1. The molecule has 0 saturated carbocycles. The van der Waals surface area contributed by atoms with Gasteiger partial charge in [-0.1, -0.05) is 12.1 Å². The second kappa shape index (κ2) is 3.17. The van der Waals surface area contributed by atoms with Crippen LogP contribution in [0.15, 0.2) is 30.6 Å². The van der Waals surface area contributed by atoms with Crippen molar-refractivity contribution in [1.82, 2.24) is 9.97 Å². The second-order valence-corrected chi connectivity index (χ2v) is 3.87. The molecular formula is C13H10N2O. The minimum absolute atomic E-state index is 0.729. The molecule has 0 bridgehead atoms. The topological polar surface area (TPSA) is 45.8 Å². The van der Waals surface area contributed by atoms with Crippen LogP contribution in [0.1, 0.15) is 15.9 Å². The molecule has 3 aromatic rings. The Kier molecular flexibility index (Phi) is 1.80. The summed E-state index contributed by atoms with van der Waals surface area (Å²) in [6.07, 6.45) is 4.49. The average Bonchev–Trinajstić information content (AvgIpc) is 2.69. The highest BCUT2D eigenvalue weighted by atomic mass is 16.1. The van der Waals surface area contributed by atoms with Gasteiger partial charge in [-0.15, -0.1) is 0 Å². The van der Waals surface area contributed by atoms with Crippen LogP contribution < -0.4 is 0 Å². The monoisotopic (exact) mass is 210 g/mol. The Morgan fingerprint density at radius 2 is 2.12 bits per heavy atom. The van der Waals surface area contributed by atoms with E-state index in [4.69, 9.17) is 0 Å². The first-order valence-electron chi connectivity index (χ1n) is 5.11. The van der Waals surface area contributed by atoms with Gasteiger partial charge < -0.3 is 4.98 Å². The summed E-state index contributed by atoms with van der Waals surface area (Å²) in [5, 5.41) is 2.21. The van der Waals surface area contributed by atoms with Crippen molar-refractivity contribution >= 4 is 28.1 Å². The first-order valence-corrected chi connectivity index (χ1v) is 5.11. The molecule has 1 N–H and O–H groups in total. The Morgan fingerprint density at radius 3 is 2.94 bits per heavy atom. The Hall–Kier alpha value is -2.16. The van der Waals surface area contributed by atoms with E-state index in [9.17, 15) is 4.79 Å². The van der Waals surface area contributed by atoms with Crippen molar-refractivity contribution in [3.8, 4) is 0 Å². The first-order chi connectivity index (χ1) is 7.81. The Morgan fingerprint density at radius 1 is 1.25 bits per heavy atom. The number of hydrogen-bond donors (Lipinski definition) is 1. The number of pyridine rings is 1. The van der Waals surface area contributed by atoms with Gasteiger partial charge in [-0.3, -0.25) is 9.78 Å². The first kappa shape index (κ1) is 9.09. The van der Waals surface area contributed by atoms with E-state index in [1.165, 1.54) is 0 Å². The fourth-order valence-electron chi connectivity index (χ4n) is 2.09. The molecule has 2 heterocycles. The number of hydrogen-bond acceptors (Lipinski definition) is 2. The molecule has 0 aliphatic carbocycles. The zero-order chi connectivity index (χ0) is 11.1. The molecule has 0 aliphatic heterocycles. The summed E-state index contributed by atoms with van der Waals surface area (Å²) >= 11 is 0. The number of rotatable bonds is 1. The fraction of sp³-hybridized carbons (Fsp3) is 0.0769. The maximum Gasteiger partial charge on any atom is 0.150 e. The molecule has 0 saturated heterocycles. The number of carbonyl (C=O) groups excluding carboxylic acids is 1. The van der Waals surface area contributed by atoms with Crippen molar-refractivity contribution in [1.29, 1.82) is 0 Å². The van der Waals surface area contributed by atoms with Crippen LogP contribution in [0, 0.1) is 6.92 Å². The van der Waals surface area contributed by atoms with Crippen molar-refractivity contribution in [3.63, 3.8) is 0 Å². The number of aldehydes is 1. The number of fused-ring (bicyclic) bond motifs is 3. The molecular weight excluding hydrogens is 200 g/mol. The Bertz CT molecular complexity index is 698. The molecule has 16 heavy (non-hydrogen) atoms. The van der Waals surface area contributed by atoms with E-state index < -0.39 is 0 Å². The SMILES string of the molecule is Cc1c(C=O)ccc2c1[nH]c1ccncc12. The third kappa shape index (κ3) is 1.08. The number of aromatic nitrogens is 2. The molecule has 3 nitrogen and oxygen atoms in total. The predicted molar refractivity (Wildman–Crippen MR) is 63.7 cm³/mol. The van der Waals surface area contributed by atoms with Crippen LogP contribution >= 0.6 is 0 Å². The van der Waals surface area contributed by atoms with Gasteiger partial charge in [-0.05, 0) is 18.6 Å². The van der Waals surface area contributed by atoms with Crippen molar-refractivity contribution in [3.05, 3.63) is 41.7 Å². The minimum Gasteiger partial charge on any atom is -0.354 e. The van der Waals surface area contributed by atoms with Gasteiger partial charge in [0.1, 0.15) is 6.29 Å². The van der Waals surface area contributed by atoms with Gasteiger partial charge in [0.15, 0.2) is 0 Å². The quantitative estimate of drug-likeness (QED) is 0.628. The third-order valence-electron chi connectivity index (χ3n) is 3.00. The van der Waals surface area contributed by atoms with Gasteiger partial charge in [0.2, 0.25) is 0 Å². The molecule has 3 heteroatoms. The summed E-state index contributed by atoms with van der Waals surface area (Å²) in [6, 6.07) is 5.76. The maximum atomic E-state index is 10.9. The lowest BCUT2D eigenvalue weighted by Gasteiger charge is -1.99. The molecule has 2 aromatic heterocycles. The molecule has 0 fully saturated rings. The van der Waals surface area contributed by atoms with Crippen LogP contribution in [0.3, 0.4) is 0 Å². The summed E-state index contributed by atoms with van der Waals surface area (Å²) in [4.78, 5) is 18.3. The van der Waals surface area contributed by atoms with Gasteiger partial charge in [-0.25, -0.2) is 0 Å². The zero-order valence-corrected chi connectivity index (χ0v) is 8.82. The summed E-state index contributed by atoms with van der Waals surface area (Å²) in [5.74, 6) is 0. The van der Waals surface area contributed by atoms with Gasteiger partial charge in [-0.2, -0.15) is 0 Å². The highest BCUT2D eigenvalue weighted by molar-refractivity contribution is 6.09. The van der Waals surface area contributed by atoms with E-state index in [1.54, 1.807) is 6.20 Å². The van der Waals surface area contributed by atoms with E-state index in [1.807, 2.05) is 31.3 Å². The number of aromatic amines is 1. The lowest BCUT2D eigenvalue weighted by atomic mass is 10.1. The van der Waals surface area contributed by atoms with Crippen LogP contribution in [0.5, 0.6) is 0 Å². The van der Waals surface area contributed by atoms with E-state index in [0.717, 1.165) is 39.2 Å². The molecule has 0 unspecified atom stereocenters. The van der Waals surface area contributed by atoms with Crippen LogP contribution in [-0.4, -0.2) is 16.3 Å². The summed E-state index contributed by atoms with van der Waals surface area (Å²) in [5.41, 5.74) is 3.79. The van der Waals surface area contributed by atoms with Crippen LogP contribution in [0.25, 0.3) is 21.8 Å². The average molecular weight is 210 g/mol. The molecule has 3 rings (SSSR count). The fourth-order valence-corrected chi connectivity index (χ4v) is 2.09. The van der Waals surface area contributed by atoms with Crippen LogP contribution in [0.2, 0.25) is 0 Å². The summed E-state index contributed by atoms with van der Waals surface area (Å²) in [6.45, 7) is 1.95. The lowest BCUT2D eigenvalue weighted by molar-refractivity contribution is 0.112. The molecule has 0 spiro atoms. The predicted octanol–water partition coefficient (Wildman–Crippen LogP) is 2.84. The van der Waals surface area contributed by atoms with Crippen molar-refractivity contribution < 1.29 is 4.79 Å². The van der Waals surface area contributed by atoms with E-state index in [0.29, 0.717) is 0 Å². The third-order valence-corrected chi connectivity index (χ3v) is 3.00. The van der Waals surface area contributed by atoms with Crippen molar-refractivity contribution in [2.24, 2.45) is 0 Å². The maximum absolute atomic E-state index is 10.9. The smallest absolute Gasteiger partial charge is 0.150 e. The van der Waals surface area contributed by atoms with E-state index in [-0.39, 0.29) is 0 Å². The standard InChI is InChI=1S/C13H10N2O/c1-8-9(7-16)2-3-10-11-6-14-5-4-12(11)15-13(8)10/h2-7,15H,1H3. The van der Waals surface area contributed by atoms with Gasteiger partial charge in [0, 0.05) is 34.2 Å². The van der Waals surface area contributed by atoms with Crippen LogP contribution in [0.4, 0.5) is 0 Å². The number of carbonyl (C=O) groups is 1. The van der Waals surface area contributed by atoms with Gasteiger partial charge in [0.05, 0.1) is 5.52 Å². The van der Waals surface area contributed by atoms with Gasteiger partial charge >= 0.3 is 0 Å². The number of nitrogens with zero attached hydrogens (tertiary/aromatic N) is 1. The van der Waals surface area contributed by atoms with E-state index >= 15 is 0 Å². The number of benzene rings is 1. The Balaban J connectivity index is 2.54. The largest absolute Gasteiger partial charge is 0.354 e. The normalized spacial score (nSPS) is 11.1. The number of nitrogens with one attached hydrogen (secondary N) is 1. The molecule has 0 atom stereocenters. The van der Waals surface area contributed by atoms with Crippen LogP contribution in [-0.2, 0) is 0 Å². The lowest BCUT2D eigenvalue weighted by Crippen LogP contribution is -1.86. The molecule has 0 amide bonds. The Labute approximate surface area is 92.1 Å². The minimum atomic E-state index is 0.729. The zero-order valence-electron chi connectivity index (χ0n) is 8.82. The molecule has 78 valence electrons. The highest BCUT2D eigenvalue weighted by Gasteiger charge is 2.08. The molecule has 0 aliphatic rings. The van der Waals surface area contributed by atoms with Crippen molar-refractivity contribution in [2.45, 2.75) is 6.92 Å². The highest BCUT2D eigenvalue weighted by Crippen LogP contribution is 2.27. The number of aryl methyl sites for hydroxylation is 1.